The third kappa shape index (κ3) is 2.20. The van der Waals surface area contributed by atoms with Gasteiger partial charge >= 0.3 is 0 Å². The molecule has 12 heavy (non-hydrogen) atoms. The molecule has 0 radical (unpaired) electrons. The molecule has 3 heteroatoms. The lowest BCUT2D eigenvalue weighted by Gasteiger charge is -2.04. The molecule has 0 spiro atoms. The second kappa shape index (κ2) is 4.07. The maximum absolute atomic E-state index is 12.7. The topological polar surface area (TPSA) is 18.5 Å². The molecular weight excluding hydrogens is 159 g/mol. The van der Waals surface area contributed by atoms with Crippen LogP contribution in [-0.4, -0.2) is 13.9 Å². The van der Waals surface area contributed by atoms with Gasteiger partial charge in [-0.25, -0.2) is 4.39 Å². The fraction of sp³-hybridized carbons (Fsp3) is 0.333. The highest BCUT2D eigenvalue weighted by Crippen LogP contribution is 2.15. The summed E-state index contributed by atoms with van der Waals surface area (Å²) in [5.41, 5.74) is 0.573. The van der Waals surface area contributed by atoms with Crippen molar-refractivity contribution >= 4 is 0 Å². The number of ether oxygens (including phenoxy) is 2. The van der Waals surface area contributed by atoms with E-state index in [4.69, 9.17) is 9.47 Å². The predicted molar refractivity (Wildman–Crippen MR) is 43.6 cm³/mol. The van der Waals surface area contributed by atoms with E-state index in [9.17, 15) is 4.39 Å². The van der Waals surface area contributed by atoms with Gasteiger partial charge in [-0.05, 0) is 30.7 Å². The molecule has 0 bridgehead atoms. The second-order valence-corrected chi connectivity index (χ2v) is 2.46. The lowest BCUT2D eigenvalue weighted by molar-refractivity contribution is 0.0510. The Kier molecular flexibility index (Phi) is 3.05. The quantitative estimate of drug-likeness (QED) is 0.647. The molecule has 1 aromatic carbocycles. The fourth-order valence-electron chi connectivity index (χ4n) is 0.834. The summed E-state index contributed by atoms with van der Waals surface area (Å²) >= 11 is 0. The van der Waals surface area contributed by atoms with Gasteiger partial charge in [-0.1, -0.05) is 0 Å². The SMILES string of the molecule is COCOc1ccc(F)c(C)c1. The van der Waals surface area contributed by atoms with Crippen molar-refractivity contribution in [3.05, 3.63) is 29.6 Å². The summed E-state index contributed by atoms with van der Waals surface area (Å²) in [6.07, 6.45) is 0. The first-order valence-electron chi connectivity index (χ1n) is 3.62. The highest BCUT2D eigenvalue weighted by Gasteiger charge is 1.98. The Bertz CT molecular complexity index is 261. The second-order valence-electron chi connectivity index (χ2n) is 2.46. The lowest BCUT2D eigenvalue weighted by atomic mass is 10.2. The van der Waals surface area contributed by atoms with Crippen LogP contribution in [0.3, 0.4) is 0 Å². The molecule has 0 aliphatic rings. The Morgan fingerprint density at radius 2 is 2.17 bits per heavy atom. The maximum Gasteiger partial charge on any atom is 0.188 e. The van der Waals surface area contributed by atoms with Crippen LogP contribution in [0.4, 0.5) is 4.39 Å². The van der Waals surface area contributed by atoms with Gasteiger partial charge < -0.3 is 9.47 Å². The van der Waals surface area contributed by atoms with Gasteiger partial charge in [-0.3, -0.25) is 0 Å². The van der Waals surface area contributed by atoms with E-state index in [0.717, 1.165) is 0 Å². The zero-order chi connectivity index (χ0) is 8.97. The Hall–Kier alpha value is -1.09. The van der Waals surface area contributed by atoms with Crippen LogP contribution in [0.25, 0.3) is 0 Å². The smallest absolute Gasteiger partial charge is 0.188 e. The molecule has 66 valence electrons. The number of methoxy groups -OCH3 is 1. The summed E-state index contributed by atoms with van der Waals surface area (Å²) in [4.78, 5) is 0. The van der Waals surface area contributed by atoms with Gasteiger partial charge in [-0.2, -0.15) is 0 Å². The third-order valence-corrected chi connectivity index (χ3v) is 1.47. The Morgan fingerprint density at radius 1 is 1.42 bits per heavy atom. The lowest BCUT2D eigenvalue weighted by Crippen LogP contribution is -1.99. The molecule has 1 aromatic rings. The van der Waals surface area contributed by atoms with Gasteiger partial charge in [0.1, 0.15) is 11.6 Å². The molecule has 0 saturated carbocycles. The van der Waals surface area contributed by atoms with Crippen molar-refractivity contribution < 1.29 is 13.9 Å². The summed E-state index contributed by atoms with van der Waals surface area (Å²) in [5, 5.41) is 0. The Balaban J connectivity index is 2.69. The van der Waals surface area contributed by atoms with Crippen molar-refractivity contribution in [3.8, 4) is 5.75 Å². The Morgan fingerprint density at radius 3 is 2.75 bits per heavy atom. The molecule has 1 rings (SSSR count). The van der Waals surface area contributed by atoms with Gasteiger partial charge in [0.15, 0.2) is 6.79 Å². The van der Waals surface area contributed by atoms with E-state index in [1.807, 2.05) is 0 Å². The van der Waals surface area contributed by atoms with Crippen molar-refractivity contribution in [2.75, 3.05) is 13.9 Å². The number of halogens is 1. The molecule has 0 aliphatic heterocycles. The number of hydrogen-bond donors (Lipinski definition) is 0. The van der Waals surface area contributed by atoms with E-state index < -0.39 is 0 Å². The van der Waals surface area contributed by atoms with E-state index in [1.165, 1.54) is 13.2 Å². The van der Waals surface area contributed by atoms with Gasteiger partial charge in [0, 0.05) is 7.11 Å². The van der Waals surface area contributed by atoms with Crippen LogP contribution in [0.1, 0.15) is 5.56 Å². The minimum atomic E-state index is -0.222. The van der Waals surface area contributed by atoms with E-state index >= 15 is 0 Å². The minimum absolute atomic E-state index is 0.186. The number of rotatable bonds is 3. The van der Waals surface area contributed by atoms with Crippen LogP contribution in [-0.2, 0) is 4.74 Å². The monoisotopic (exact) mass is 170 g/mol. The summed E-state index contributed by atoms with van der Waals surface area (Å²) in [7, 11) is 1.54. The fourth-order valence-corrected chi connectivity index (χ4v) is 0.834. The molecule has 0 saturated heterocycles. The van der Waals surface area contributed by atoms with Gasteiger partial charge in [0.05, 0.1) is 0 Å². The summed E-state index contributed by atoms with van der Waals surface area (Å²) in [6.45, 7) is 1.88. The molecule has 0 atom stereocenters. The number of benzene rings is 1. The van der Waals surface area contributed by atoms with Crippen LogP contribution in [0.5, 0.6) is 5.75 Å². The van der Waals surface area contributed by atoms with Crippen molar-refractivity contribution in [1.82, 2.24) is 0 Å². The number of aryl methyl sites for hydroxylation is 1. The molecule has 0 unspecified atom stereocenters. The first-order valence-corrected chi connectivity index (χ1v) is 3.62. The first-order chi connectivity index (χ1) is 5.74. The van der Waals surface area contributed by atoms with Crippen LogP contribution in [0.15, 0.2) is 18.2 Å². The average molecular weight is 170 g/mol. The normalized spacial score (nSPS) is 9.92. The van der Waals surface area contributed by atoms with Gasteiger partial charge in [0.2, 0.25) is 0 Å². The summed E-state index contributed by atoms with van der Waals surface area (Å²) < 4.78 is 22.5. The Labute approximate surface area is 70.9 Å². The van der Waals surface area contributed by atoms with Crippen LogP contribution >= 0.6 is 0 Å². The zero-order valence-electron chi connectivity index (χ0n) is 7.13. The minimum Gasteiger partial charge on any atom is -0.468 e. The van der Waals surface area contributed by atoms with Crippen molar-refractivity contribution in [2.24, 2.45) is 0 Å². The van der Waals surface area contributed by atoms with Crippen LogP contribution in [0, 0.1) is 12.7 Å². The molecule has 2 nitrogen and oxygen atoms in total. The van der Waals surface area contributed by atoms with Crippen LogP contribution < -0.4 is 4.74 Å². The maximum atomic E-state index is 12.7. The first kappa shape index (κ1) is 9.00. The molecule has 0 N–H and O–H groups in total. The predicted octanol–water partition coefficient (Wildman–Crippen LogP) is 2.12. The highest BCUT2D eigenvalue weighted by atomic mass is 19.1. The molecule has 0 amide bonds. The van der Waals surface area contributed by atoms with Crippen molar-refractivity contribution in [3.63, 3.8) is 0 Å². The largest absolute Gasteiger partial charge is 0.468 e. The average Bonchev–Trinajstić information content (AvgIpc) is 2.07. The van der Waals surface area contributed by atoms with Gasteiger partial charge in [0.25, 0.3) is 0 Å². The van der Waals surface area contributed by atoms with E-state index in [-0.39, 0.29) is 12.6 Å². The van der Waals surface area contributed by atoms with Crippen molar-refractivity contribution in [2.45, 2.75) is 6.92 Å². The molecule has 0 fully saturated rings. The van der Waals surface area contributed by atoms with E-state index in [1.54, 1.807) is 19.1 Å². The van der Waals surface area contributed by atoms with E-state index in [0.29, 0.717) is 11.3 Å². The van der Waals surface area contributed by atoms with Crippen molar-refractivity contribution in [1.29, 1.82) is 0 Å². The third-order valence-electron chi connectivity index (χ3n) is 1.47. The molecular formula is C9H11FO2. The van der Waals surface area contributed by atoms with E-state index in [2.05, 4.69) is 0 Å². The molecule has 0 heterocycles. The zero-order valence-corrected chi connectivity index (χ0v) is 7.13. The molecule has 0 aliphatic carbocycles. The number of hydrogen-bond acceptors (Lipinski definition) is 2. The highest BCUT2D eigenvalue weighted by molar-refractivity contribution is 5.28. The molecule has 0 aromatic heterocycles. The summed E-state index contributed by atoms with van der Waals surface area (Å²) in [6, 6.07) is 4.58. The van der Waals surface area contributed by atoms with Crippen LogP contribution in [0.2, 0.25) is 0 Å². The van der Waals surface area contributed by atoms with Gasteiger partial charge in [-0.15, -0.1) is 0 Å². The summed E-state index contributed by atoms with van der Waals surface area (Å²) in [5.74, 6) is 0.399. The standard InChI is InChI=1S/C9H11FO2/c1-7-5-8(12-6-11-2)3-4-9(7)10/h3-5H,6H2,1-2H3.